The van der Waals surface area contributed by atoms with Crippen molar-refractivity contribution < 1.29 is 14.7 Å². The highest BCUT2D eigenvalue weighted by atomic mass is 16.3. The first-order chi connectivity index (χ1) is 10.2. The van der Waals surface area contributed by atoms with Crippen LogP contribution >= 0.6 is 0 Å². The highest BCUT2D eigenvalue weighted by Crippen LogP contribution is 2.61. The van der Waals surface area contributed by atoms with Crippen LogP contribution in [0.1, 0.15) is 40.0 Å². The number of carbonyl (C=O) groups is 2. The Labute approximate surface area is 130 Å². The predicted octanol–water partition coefficient (Wildman–Crippen LogP) is 2.34. The van der Waals surface area contributed by atoms with E-state index < -0.39 is 16.9 Å². The molecule has 0 aliphatic heterocycles. The molecule has 4 heteroatoms. The van der Waals surface area contributed by atoms with E-state index in [1.807, 2.05) is 26.8 Å². The Morgan fingerprint density at radius 2 is 2.05 bits per heavy atom. The summed E-state index contributed by atoms with van der Waals surface area (Å²) in [4.78, 5) is 24.3. The van der Waals surface area contributed by atoms with E-state index in [0.29, 0.717) is 0 Å². The molecule has 3 rings (SSSR count). The number of aliphatic hydroxyl groups excluding tert-OH is 1. The van der Waals surface area contributed by atoms with E-state index in [4.69, 9.17) is 0 Å². The number of ketones is 2. The molecule has 0 heterocycles. The van der Waals surface area contributed by atoms with Gasteiger partial charge in [-0.15, -0.1) is 0 Å². The second-order valence-electron chi connectivity index (χ2n) is 7.41. The second kappa shape index (κ2) is 4.63. The summed E-state index contributed by atoms with van der Waals surface area (Å²) < 4.78 is 0. The Morgan fingerprint density at radius 3 is 2.68 bits per heavy atom. The molecule has 5 unspecified atom stereocenters. The Hall–Kier alpha value is -1.73. The third-order valence-electron chi connectivity index (χ3n) is 6.22. The Morgan fingerprint density at radius 1 is 1.36 bits per heavy atom. The standard InChI is InChI=1S/C18H21NO3/c1-10-13-4-5-17(2)14(6-12(20)7-15(17)21)18(13,3)8-11(9-19)16(10)22/h6,8,10,13,15,21H,4-5,7H2,1-3H3. The van der Waals surface area contributed by atoms with Crippen LogP contribution in [-0.2, 0) is 9.59 Å². The molecule has 0 aromatic carbocycles. The van der Waals surface area contributed by atoms with Crippen molar-refractivity contribution >= 4 is 11.6 Å². The average Bonchev–Trinajstić information content (AvgIpc) is 2.46. The molecule has 4 nitrogen and oxygen atoms in total. The molecule has 0 amide bonds. The van der Waals surface area contributed by atoms with Crippen molar-refractivity contribution in [3.63, 3.8) is 0 Å². The van der Waals surface area contributed by atoms with Crippen molar-refractivity contribution in [3.05, 3.63) is 23.3 Å². The number of fused-ring (bicyclic) bond motifs is 3. The Kier molecular flexibility index (Phi) is 3.19. The van der Waals surface area contributed by atoms with Gasteiger partial charge in [0.2, 0.25) is 0 Å². The van der Waals surface area contributed by atoms with Crippen LogP contribution in [0, 0.1) is 34.0 Å². The highest BCUT2D eigenvalue weighted by Gasteiger charge is 2.57. The zero-order valence-corrected chi connectivity index (χ0v) is 13.2. The summed E-state index contributed by atoms with van der Waals surface area (Å²) in [6.07, 6.45) is 4.45. The molecule has 116 valence electrons. The molecule has 0 aromatic rings. The summed E-state index contributed by atoms with van der Waals surface area (Å²) in [6.45, 7) is 5.88. The minimum Gasteiger partial charge on any atom is -0.392 e. The quantitative estimate of drug-likeness (QED) is 0.744. The molecule has 22 heavy (non-hydrogen) atoms. The lowest BCUT2D eigenvalue weighted by Gasteiger charge is -2.56. The molecular weight excluding hydrogens is 278 g/mol. The second-order valence-corrected chi connectivity index (χ2v) is 7.41. The Bertz CT molecular complexity index is 668. The predicted molar refractivity (Wildman–Crippen MR) is 80.5 cm³/mol. The van der Waals surface area contributed by atoms with Gasteiger partial charge in [0.15, 0.2) is 11.6 Å². The SMILES string of the molecule is CC1C(=O)C(C#N)=CC2(C)C3=CC(=O)CC(O)C3(C)CCC12. The van der Waals surface area contributed by atoms with Gasteiger partial charge >= 0.3 is 0 Å². The van der Waals surface area contributed by atoms with Crippen LogP contribution in [0.2, 0.25) is 0 Å². The van der Waals surface area contributed by atoms with Crippen LogP contribution in [0.25, 0.3) is 0 Å². The fourth-order valence-corrected chi connectivity index (χ4v) is 4.85. The molecule has 5 atom stereocenters. The maximum Gasteiger partial charge on any atom is 0.176 e. The van der Waals surface area contributed by atoms with Crippen molar-refractivity contribution in [2.75, 3.05) is 0 Å². The lowest BCUT2D eigenvalue weighted by molar-refractivity contribution is -0.125. The number of aliphatic hydroxyl groups is 1. The van der Waals surface area contributed by atoms with Crippen molar-refractivity contribution in [2.24, 2.45) is 22.7 Å². The number of nitrogens with zero attached hydrogens (tertiary/aromatic N) is 1. The first kappa shape index (κ1) is 15.2. The number of Topliss-reactive ketones (excluding diaryl/α,β-unsaturated/α-hetero) is 1. The fourth-order valence-electron chi connectivity index (χ4n) is 4.85. The smallest absolute Gasteiger partial charge is 0.176 e. The topological polar surface area (TPSA) is 78.2 Å². The summed E-state index contributed by atoms with van der Waals surface area (Å²) in [5.41, 5.74) is 0.120. The van der Waals surface area contributed by atoms with Gasteiger partial charge in [0.1, 0.15) is 6.07 Å². The van der Waals surface area contributed by atoms with E-state index in [0.717, 1.165) is 18.4 Å². The summed E-state index contributed by atoms with van der Waals surface area (Å²) >= 11 is 0. The zero-order valence-electron chi connectivity index (χ0n) is 13.2. The fraction of sp³-hybridized carbons (Fsp3) is 0.611. The summed E-state index contributed by atoms with van der Waals surface area (Å²) in [7, 11) is 0. The van der Waals surface area contributed by atoms with Gasteiger partial charge in [0.25, 0.3) is 0 Å². The van der Waals surface area contributed by atoms with E-state index in [2.05, 4.69) is 0 Å². The summed E-state index contributed by atoms with van der Waals surface area (Å²) in [5.74, 6) is -0.325. The molecule has 1 saturated carbocycles. The van der Waals surface area contributed by atoms with E-state index in [1.54, 1.807) is 12.2 Å². The van der Waals surface area contributed by atoms with E-state index >= 15 is 0 Å². The van der Waals surface area contributed by atoms with Gasteiger partial charge in [-0.1, -0.05) is 26.8 Å². The molecule has 1 fully saturated rings. The van der Waals surface area contributed by atoms with Gasteiger partial charge < -0.3 is 5.11 Å². The van der Waals surface area contributed by atoms with E-state index in [9.17, 15) is 20.0 Å². The summed E-state index contributed by atoms with van der Waals surface area (Å²) in [5, 5.41) is 19.7. The van der Waals surface area contributed by atoms with Crippen LogP contribution in [0.15, 0.2) is 23.3 Å². The van der Waals surface area contributed by atoms with E-state index in [1.165, 1.54) is 0 Å². The number of hydrogen-bond acceptors (Lipinski definition) is 4. The molecule has 1 N–H and O–H groups in total. The highest BCUT2D eigenvalue weighted by molar-refractivity contribution is 6.02. The van der Waals surface area contributed by atoms with Gasteiger partial charge in [-0.25, -0.2) is 0 Å². The minimum atomic E-state index is -0.690. The average molecular weight is 299 g/mol. The van der Waals surface area contributed by atoms with Crippen molar-refractivity contribution in [2.45, 2.75) is 46.1 Å². The first-order valence-electron chi connectivity index (χ1n) is 7.85. The van der Waals surface area contributed by atoms with Crippen molar-refractivity contribution in [1.82, 2.24) is 0 Å². The molecule has 0 radical (unpaired) electrons. The normalized spacial score (nSPS) is 44.4. The largest absolute Gasteiger partial charge is 0.392 e. The first-order valence-corrected chi connectivity index (χ1v) is 7.85. The molecule has 0 spiro atoms. The third-order valence-corrected chi connectivity index (χ3v) is 6.22. The van der Waals surface area contributed by atoms with Crippen molar-refractivity contribution in [1.29, 1.82) is 5.26 Å². The zero-order chi connectivity index (χ0) is 16.3. The molecule has 0 aromatic heterocycles. The van der Waals surface area contributed by atoms with Gasteiger partial charge in [0.05, 0.1) is 11.7 Å². The lowest BCUT2D eigenvalue weighted by Crippen LogP contribution is -2.53. The van der Waals surface area contributed by atoms with Crippen LogP contribution in [0.3, 0.4) is 0 Å². The van der Waals surface area contributed by atoms with Crippen LogP contribution in [0.4, 0.5) is 0 Å². The van der Waals surface area contributed by atoms with E-state index in [-0.39, 0.29) is 35.4 Å². The van der Waals surface area contributed by atoms with Gasteiger partial charge in [-0.05, 0) is 30.4 Å². The monoisotopic (exact) mass is 299 g/mol. The van der Waals surface area contributed by atoms with Crippen LogP contribution < -0.4 is 0 Å². The van der Waals surface area contributed by atoms with Gasteiger partial charge in [0, 0.05) is 23.2 Å². The van der Waals surface area contributed by atoms with Crippen LogP contribution in [0.5, 0.6) is 0 Å². The number of carbonyl (C=O) groups excluding carboxylic acids is 2. The van der Waals surface area contributed by atoms with Crippen molar-refractivity contribution in [3.8, 4) is 6.07 Å². The number of rotatable bonds is 0. The molecule has 3 aliphatic carbocycles. The summed E-state index contributed by atoms with van der Waals surface area (Å²) in [6, 6.07) is 2.01. The molecule has 0 bridgehead atoms. The molecular formula is C18H21NO3. The maximum atomic E-state index is 12.3. The maximum absolute atomic E-state index is 12.3. The van der Waals surface area contributed by atoms with Crippen LogP contribution in [-0.4, -0.2) is 22.8 Å². The van der Waals surface area contributed by atoms with Gasteiger partial charge in [-0.2, -0.15) is 5.26 Å². The molecule has 0 saturated heterocycles. The minimum absolute atomic E-state index is 0.0710. The third kappa shape index (κ3) is 1.78. The number of hydrogen-bond donors (Lipinski definition) is 1. The number of allylic oxidation sites excluding steroid dienone is 3. The van der Waals surface area contributed by atoms with Gasteiger partial charge in [-0.3, -0.25) is 9.59 Å². The number of nitriles is 1. The lowest BCUT2D eigenvalue weighted by atomic mass is 9.47. The Balaban J connectivity index is 2.22. The molecule has 3 aliphatic rings.